The number of anilines is 2. The van der Waals surface area contributed by atoms with Crippen LogP contribution in [0.2, 0.25) is 0 Å². The minimum atomic E-state index is -0.268. The highest BCUT2D eigenvalue weighted by atomic mass is 16.5. The van der Waals surface area contributed by atoms with E-state index in [0.29, 0.717) is 24.5 Å². The van der Waals surface area contributed by atoms with Gasteiger partial charge in [0, 0.05) is 6.54 Å². The highest BCUT2D eigenvalue weighted by molar-refractivity contribution is 5.92. The number of nitrogen functional groups attached to an aromatic ring is 1. The summed E-state index contributed by atoms with van der Waals surface area (Å²) >= 11 is 0. The topological polar surface area (TPSA) is 76.4 Å². The molecule has 22 heavy (non-hydrogen) atoms. The van der Waals surface area contributed by atoms with Gasteiger partial charge in [0.2, 0.25) is 0 Å². The molecule has 5 heteroatoms. The van der Waals surface area contributed by atoms with Gasteiger partial charge in [-0.1, -0.05) is 24.3 Å². The maximum Gasteiger partial charge on any atom is 0.319 e. The number of amides is 2. The minimum absolute atomic E-state index is 0.268. The maximum absolute atomic E-state index is 11.8. The van der Waals surface area contributed by atoms with Crippen molar-refractivity contribution in [1.82, 2.24) is 5.32 Å². The fraction of sp³-hybridized carbons (Fsp3) is 0.235. The molecule has 0 aliphatic heterocycles. The van der Waals surface area contributed by atoms with Crippen LogP contribution in [0.3, 0.4) is 0 Å². The first-order valence-electron chi connectivity index (χ1n) is 7.24. The average Bonchev–Trinajstić information content (AvgIpc) is 2.51. The monoisotopic (exact) mass is 299 g/mol. The van der Waals surface area contributed by atoms with Gasteiger partial charge >= 0.3 is 6.03 Å². The molecule has 0 heterocycles. The van der Waals surface area contributed by atoms with Crippen LogP contribution in [0.4, 0.5) is 16.2 Å². The number of hydrogen-bond donors (Lipinski definition) is 3. The maximum atomic E-state index is 11.8. The van der Waals surface area contributed by atoms with E-state index in [1.54, 1.807) is 6.07 Å². The molecule has 4 N–H and O–H groups in total. The third-order valence-electron chi connectivity index (χ3n) is 3.07. The van der Waals surface area contributed by atoms with E-state index < -0.39 is 0 Å². The first-order valence-corrected chi connectivity index (χ1v) is 7.24. The predicted octanol–water partition coefficient (Wildman–Crippen LogP) is 3.17. The normalized spacial score (nSPS) is 10.0. The molecule has 0 unspecified atom stereocenters. The summed E-state index contributed by atoms with van der Waals surface area (Å²) in [6, 6.07) is 14.8. The fourth-order valence-corrected chi connectivity index (χ4v) is 1.94. The number of hydrogen-bond acceptors (Lipinski definition) is 3. The van der Waals surface area contributed by atoms with Gasteiger partial charge < -0.3 is 21.1 Å². The third kappa shape index (κ3) is 5.01. The lowest BCUT2D eigenvalue weighted by atomic mass is 10.2. The van der Waals surface area contributed by atoms with Crippen molar-refractivity contribution in [2.75, 3.05) is 24.2 Å². The molecule has 5 nitrogen and oxygen atoms in total. The van der Waals surface area contributed by atoms with E-state index in [9.17, 15) is 4.79 Å². The van der Waals surface area contributed by atoms with Gasteiger partial charge in [-0.05, 0) is 43.2 Å². The van der Waals surface area contributed by atoms with Gasteiger partial charge in [0.05, 0.1) is 18.0 Å². The zero-order valence-electron chi connectivity index (χ0n) is 12.6. The number of rotatable bonds is 6. The Kier molecular flexibility index (Phi) is 5.65. The number of urea groups is 1. The molecule has 116 valence electrons. The number of nitrogens with two attached hydrogens (primary N) is 1. The van der Waals surface area contributed by atoms with Gasteiger partial charge in [0.15, 0.2) is 0 Å². The zero-order valence-corrected chi connectivity index (χ0v) is 12.6. The number of aryl methyl sites for hydroxylation is 1. The van der Waals surface area contributed by atoms with Crippen molar-refractivity contribution < 1.29 is 9.53 Å². The highest BCUT2D eigenvalue weighted by Crippen LogP contribution is 2.19. The molecular weight excluding hydrogens is 278 g/mol. The molecular formula is C17H21N3O2. The Morgan fingerprint density at radius 1 is 1.18 bits per heavy atom. The van der Waals surface area contributed by atoms with E-state index in [0.717, 1.165) is 17.7 Å². The number of carbonyl (C=O) groups excluding carboxylic acids is 1. The van der Waals surface area contributed by atoms with Crippen molar-refractivity contribution in [2.24, 2.45) is 0 Å². The molecule has 0 saturated carbocycles. The van der Waals surface area contributed by atoms with Gasteiger partial charge in [-0.15, -0.1) is 0 Å². The molecule has 0 atom stereocenters. The SMILES string of the molecule is Cc1ccc(NC(=O)NCCCOc2ccccc2)c(N)c1. The quantitative estimate of drug-likeness (QED) is 0.566. The van der Waals surface area contributed by atoms with Crippen LogP contribution in [0.1, 0.15) is 12.0 Å². The Labute approximate surface area is 130 Å². The second-order valence-corrected chi connectivity index (χ2v) is 4.99. The van der Waals surface area contributed by atoms with Crippen molar-refractivity contribution >= 4 is 17.4 Å². The summed E-state index contributed by atoms with van der Waals surface area (Å²) in [5, 5.41) is 5.50. The second kappa shape index (κ2) is 7.93. The fourth-order valence-electron chi connectivity index (χ4n) is 1.94. The molecule has 0 fully saturated rings. The summed E-state index contributed by atoms with van der Waals surface area (Å²) in [5.41, 5.74) is 8.08. The Hall–Kier alpha value is -2.69. The summed E-state index contributed by atoms with van der Waals surface area (Å²) in [6.07, 6.45) is 0.728. The smallest absolute Gasteiger partial charge is 0.319 e. The van der Waals surface area contributed by atoms with E-state index >= 15 is 0 Å². The minimum Gasteiger partial charge on any atom is -0.494 e. The predicted molar refractivity (Wildman–Crippen MR) is 89.2 cm³/mol. The van der Waals surface area contributed by atoms with Crippen LogP contribution in [0.5, 0.6) is 5.75 Å². The average molecular weight is 299 g/mol. The van der Waals surface area contributed by atoms with Gasteiger partial charge in [0.25, 0.3) is 0 Å². The standard InChI is InChI=1S/C17H21N3O2/c1-13-8-9-16(15(18)12-13)20-17(21)19-10-5-11-22-14-6-3-2-4-7-14/h2-4,6-9,12H,5,10-11,18H2,1H3,(H2,19,20,21). The first kappa shape index (κ1) is 15.7. The lowest BCUT2D eigenvalue weighted by molar-refractivity contribution is 0.250. The van der Waals surface area contributed by atoms with Crippen LogP contribution in [-0.4, -0.2) is 19.2 Å². The van der Waals surface area contributed by atoms with E-state index in [1.807, 2.05) is 49.4 Å². The van der Waals surface area contributed by atoms with Crippen molar-refractivity contribution in [1.29, 1.82) is 0 Å². The van der Waals surface area contributed by atoms with Crippen molar-refractivity contribution in [2.45, 2.75) is 13.3 Å². The molecule has 0 bridgehead atoms. The van der Waals surface area contributed by atoms with Gasteiger partial charge in [-0.2, -0.15) is 0 Å². The van der Waals surface area contributed by atoms with Crippen molar-refractivity contribution in [3.8, 4) is 5.75 Å². The molecule has 0 spiro atoms. The van der Waals surface area contributed by atoms with Crippen molar-refractivity contribution in [3.05, 3.63) is 54.1 Å². The molecule has 2 aromatic rings. The van der Waals surface area contributed by atoms with Crippen LogP contribution in [0, 0.1) is 6.92 Å². The lowest BCUT2D eigenvalue weighted by Crippen LogP contribution is -2.30. The highest BCUT2D eigenvalue weighted by Gasteiger charge is 2.04. The van der Waals surface area contributed by atoms with E-state index in [2.05, 4.69) is 10.6 Å². The van der Waals surface area contributed by atoms with E-state index in [1.165, 1.54) is 0 Å². The van der Waals surface area contributed by atoms with Crippen LogP contribution in [0.15, 0.2) is 48.5 Å². The summed E-state index contributed by atoms with van der Waals surface area (Å²) in [4.78, 5) is 11.8. The molecule has 0 aromatic heterocycles. The summed E-state index contributed by atoms with van der Waals surface area (Å²) in [7, 11) is 0. The summed E-state index contributed by atoms with van der Waals surface area (Å²) in [6.45, 7) is 3.04. The van der Waals surface area contributed by atoms with Gasteiger partial charge in [-0.25, -0.2) is 4.79 Å². The number of para-hydroxylation sites is 1. The molecule has 0 saturated heterocycles. The first-order chi connectivity index (χ1) is 10.6. The number of nitrogens with one attached hydrogen (secondary N) is 2. The number of ether oxygens (including phenoxy) is 1. The third-order valence-corrected chi connectivity index (χ3v) is 3.07. The molecule has 0 radical (unpaired) electrons. The summed E-state index contributed by atoms with van der Waals surface area (Å²) < 4.78 is 5.55. The van der Waals surface area contributed by atoms with Crippen LogP contribution < -0.4 is 21.1 Å². The van der Waals surface area contributed by atoms with Crippen molar-refractivity contribution in [3.63, 3.8) is 0 Å². The van der Waals surface area contributed by atoms with Crippen LogP contribution in [-0.2, 0) is 0 Å². The lowest BCUT2D eigenvalue weighted by Gasteiger charge is -2.10. The Bertz CT molecular complexity index is 615. The molecule has 2 aromatic carbocycles. The second-order valence-electron chi connectivity index (χ2n) is 4.99. The zero-order chi connectivity index (χ0) is 15.8. The van der Waals surface area contributed by atoms with Crippen LogP contribution >= 0.6 is 0 Å². The van der Waals surface area contributed by atoms with Gasteiger partial charge in [0.1, 0.15) is 5.75 Å². The van der Waals surface area contributed by atoms with Gasteiger partial charge in [-0.3, -0.25) is 0 Å². The largest absolute Gasteiger partial charge is 0.494 e. The molecule has 0 aliphatic rings. The Morgan fingerprint density at radius 2 is 1.95 bits per heavy atom. The van der Waals surface area contributed by atoms with E-state index in [-0.39, 0.29) is 6.03 Å². The summed E-state index contributed by atoms with van der Waals surface area (Å²) in [5.74, 6) is 0.833. The molecule has 2 rings (SSSR count). The number of carbonyl (C=O) groups is 1. The Morgan fingerprint density at radius 3 is 2.68 bits per heavy atom. The Balaban J connectivity index is 1.65. The molecule has 0 aliphatic carbocycles. The molecule has 2 amide bonds. The number of benzene rings is 2. The van der Waals surface area contributed by atoms with Crippen LogP contribution in [0.25, 0.3) is 0 Å². The van der Waals surface area contributed by atoms with E-state index in [4.69, 9.17) is 10.5 Å².